The second kappa shape index (κ2) is 6.85. The van der Waals surface area contributed by atoms with Gasteiger partial charge in [-0.15, -0.1) is 0 Å². The van der Waals surface area contributed by atoms with Crippen molar-refractivity contribution in [3.8, 4) is 0 Å². The number of aliphatic hydroxyl groups excluding tert-OH is 1. The first-order chi connectivity index (χ1) is 11.1. The number of amides is 1. The predicted octanol–water partition coefficient (Wildman–Crippen LogP) is 2.00. The van der Waals surface area contributed by atoms with Gasteiger partial charge >= 0.3 is 0 Å². The molecule has 0 spiro atoms. The third-order valence-corrected chi connectivity index (χ3v) is 5.54. The summed E-state index contributed by atoms with van der Waals surface area (Å²) in [5.74, 6) is 0.0689. The van der Waals surface area contributed by atoms with Gasteiger partial charge in [0.15, 0.2) is 0 Å². The largest absolute Gasteiger partial charge is 0.396 e. The number of hydrogen-bond donors (Lipinski definition) is 1. The summed E-state index contributed by atoms with van der Waals surface area (Å²) in [4.78, 5) is 16.8. The first-order valence-corrected chi connectivity index (χ1v) is 8.48. The summed E-state index contributed by atoms with van der Waals surface area (Å²) in [6.07, 6.45) is 6.64. The van der Waals surface area contributed by atoms with Crippen LogP contribution in [0.5, 0.6) is 0 Å². The minimum atomic E-state index is -0.0209. The number of fused-ring (bicyclic) bond motifs is 1. The molecule has 23 heavy (non-hydrogen) atoms. The first kappa shape index (κ1) is 16.2. The number of nitrogens with zero attached hydrogens (tertiary/aromatic N) is 2. The van der Waals surface area contributed by atoms with Crippen molar-refractivity contribution in [2.75, 3.05) is 33.3 Å². The van der Waals surface area contributed by atoms with Crippen LogP contribution in [0.4, 0.5) is 0 Å². The lowest BCUT2D eigenvalue weighted by Crippen LogP contribution is -2.62. The molecule has 2 atom stereocenters. The summed E-state index contributed by atoms with van der Waals surface area (Å²) in [6.45, 7) is 2.73. The van der Waals surface area contributed by atoms with Crippen molar-refractivity contribution in [1.82, 2.24) is 9.80 Å². The zero-order valence-corrected chi connectivity index (χ0v) is 13.8. The summed E-state index contributed by atoms with van der Waals surface area (Å²) < 4.78 is 0. The van der Waals surface area contributed by atoms with Gasteiger partial charge in [-0.05, 0) is 44.5 Å². The third-order valence-electron chi connectivity index (χ3n) is 5.54. The van der Waals surface area contributed by atoms with Gasteiger partial charge in [0.1, 0.15) is 0 Å². The molecule has 2 aliphatic rings. The summed E-state index contributed by atoms with van der Waals surface area (Å²) in [5, 5.41) is 9.93. The maximum Gasteiger partial charge on any atom is 0.246 e. The molecule has 1 aromatic rings. The number of benzene rings is 1. The molecule has 0 saturated carbocycles. The third kappa shape index (κ3) is 3.33. The number of carbonyl (C=O) groups is 1. The Hall–Kier alpha value is -1.65. The minimum Gasteiger partial charge on any atom is -0.396 e. The van der Waals surface area contributed by atoms with Gasteiger partial charge in [-0.1, -0.05) is 30.3 Å². The molecule has 1 N–H and O–H groups in total. The molecular weight excluding hydrogens is 288 g/mol. The molecule has 0 aliphatic carbocycles. The number of likely N-dealkylation sites (tertiary alicyclic amines) is 2. The molecule has 4 nitrogen and oxygen atoms in total. The number of hydrogen-bond acceptors (Lipinski definition) is 3. The molecule has 1 amide bonds. The van der Waals surface area contributed by atoms with Crippen LogP contribution in [-0.2, 0) is 4.79 Å². The fourth-order valence-electron chi connectivity index (χ4n) is 4.05. The number of piperidine rings is 2. The molecule has 124 valence electrons. The maximum absolute atomic E-state index is 12.5. The molecule has 2 aliphatic heterocycles. The summed E-state index contributed by atoms with van der Waals surface area (Å²) in [5.41, 5.74) is 1.02. The molecule has 0 unspecified atom stereocenters. The Kier molecular flexibility index (Phi) is 4.83. The minimum absolute atomic E-state index is 0.0209. The van der Waals surface area contributed by atoms with Crippen molar-refractivity contribution >= 4 is 12.0 Å². The average molecular weight is 314 g/mol. The van der Waals surface area contributed by atoms with Crippen molar-refractivity contribution in [2.45, 2.75) is 25.3 Å². The van der Waals surface area contributed by atoms with E-state index >= 15 is 0 Å². The zero-order chi connectivity index (χ0) is 16.3. The van der Waals surface area contributed by atoms with Gasteiger partial charge < -0.3 is 14.9 Å². The Labute approximate surface area is 138 Å². The fourth-order valence-corrected chi connectivity index (χ4v) is 4.05. The number of likely N-dealkylation sites (N-methyl/N-ethyl adjacent to an activating group) is 1. The lowest BCUT2D eigenvalue weighted by atomic mass is 9.69. The smallest absolute Gasteiger partial charge is 0.246 e. The van der Waals surface area contributed by atoms with E-state index in [0.717, 1.165) is 44.5 Å². The van der Waals surface area contributed by atoms with Gasteiger partial charge in [0.25, 0.3) is 0 Å². The van der Waals surface area contributed by atoms with E-state index in [0.29, 0.717) is 0 Å². The van der Waals surface area contributed by atoms with Crippen LogP contribution in [0.2, 0.25) is 0 Å². The van der Waals surface area contributed by atoms with Crippen LogP contribution in [0, 0.1) is 5.41 Å². The fraction of sp³-hybridized carbons (Fsp3) is 0.526. The molecule has 4 heteroatoms. The standard InChI is InChI=1S/C19H26N2O2/c1-20-12-5-10-19(15-22)11-13-21(14-17(19)20)18(23)9-8-16-6-3-2-4-7-16/h2-4,6-9,17,22H,5,10-15H2,1H3/t17-,19-/m1/s1. The second-order valence-corrected chi connectivity index (χ2v) is 6.90. The molecule has 0 aromatic heterocycles. The highest BCUT2D eigenvalue weighted by atomic mass is 16.3. The maximum atomic E-state index is 12.5. The second-order valence-electron chi connectivity index (χ2n) is 6.90. The van der Waals surface area contributed by atoms with E-state index in [1.165, 1.54) is 0 Å². The molecule has 0 bridgehead atoms. The highest BCUT2D eigenvalue weighted by Gasteiger charge is 2.46. The van der Waals surface area contributed by atoms with E-state index < -0.39 is 0 Å². The van der Waals surface area contributed by atoms with Crippen molar-refractivity contribution in [1.29, 1.82) is 0 Å². The predicted molar refractivity (Wildman–Crippen MR) is 91.8 cm³/mol. The molecule has 2 saturated heterocycles. The average Bonchev–Trinajstić information content (AvgIpc) is 2.60. The van der Waals surface area contributed by atoms with E-state index in [1.54, 1.807) is 6.08 Å². The molecule has 3 rings (SSSR count). The summed E-state index contributed by atoms with van der Waals surface area (Å²) in [7, 11) is 2.11. The Morgan fingerprint density at radius 1 is 1.30 bits per heavy atom. The van der Waals surface area contributed by atoms with E-state index in [-0.39, 0.29) is 24.0 Å². The van der Waals surface area contributed by atoms with Crippen molar-refractivity contribution in [2.24, 2.45) is 5.41 Å². The highest BCUT2D eigenvalue weighted by Crippen LogP contribution is 2.41. The Morgan fingerprint density at radius 3 is 2.83 bits per heavy atom. The van der Waals surface area contributed by atoms with Gasteiger partial charge in [0.2, 0.25) is 5.91 Å². The topological polar surface area (TPSA) is 43.8 Å². The van der Waals surface area contributed by atoms with Gasteiger partial charge in [0, 0.05) is 30.6 Å². The van der Waals surface area contributed by atoms with Crippen LogP contribution < -0.4 is 0 Å². The van der Waals surface area contributed by atoms with Crippen LogP contribution in [-0.4, -0.2) is 60.1 Å². The monoisotopic (exact) mass is 314 g/mol. The van der Waals surface area contributed by atoms with Gasteiger partial charge in [-0.3, -0.25) is 4.79 Å². The van der Waals surface area contributed by atoms with Crippen LogP contribution >= 0.6 is 0 Å². The number of aliphatic hydroxyl groups is 1. The van der Waals surface area contributed by atoms with Gasteiger partial charge in [0.05, 0.1) is 6.61 Å². The SMILES string of the molecule is CN1CCC[C@]2(CO)CCN(C(=O)C=Cc3ccccc3)C[C@@H]12. The Bertz CT molecular complexity index is 572. The van der Waals surface area contributed by atoms with Crippen LogP contribution in [0.25, 0.3) is 6.08 Å². The van der Waals surface area contributed by atoms with E-state index in [4.69, 9.17) is 0 Å². The number of carbonyl (C=O) groups excluding carboxylic acids is 1. The van der Waals surface area contributed by atoms with E-state index in [9.17, 15) is 9.90 Å². The summed E-state index contributed by atoms with van der Waals surface area (Å²) >= 11 is 0. The molecule has 2 fully saturated rings. The first-order valence-electron chi connectivity index (χ1n) is 8.48. The van der Waals surface area contributed by atoms with Crippen molar-refractivity contribution in [3.05, 3.63) is 42.0 Å². The highest BCUT2D eigenvalue weighted by molar-refractivity contribution is 5.91. The Balaban J connectivity index is 1.68. The molecular formula is C19H26N2O2. The molecule has 2 heterocycles. The van der Waals surface area contributed by atoms with E-state index in [2.05, 4.69) is 11.9 Å². The lowest BCUT2D eigenvalue weighted by molar-refractivity contribution is -0.134. The normalized spacial score (nSPS) is 28.8. The van der Waals surface area contributed by atoms with Crippen LogP contribution in [0.15, 0.2) is 36.4 Å². The van der Waals surface area contributed by atoms with Crippen molar-refractivity contribution < 1.29 is 9.90 Å². The quantitative estimate of drug-likeness (QED) is 0.868. The lowest BCUT2D eigenvalue weighted by Gasteiger charge is -2.53. The van der Waals surface area contributed by atoms with Crippen LogP contribution in [0.1, 0.15) is 24.8 Å². The molecule has 1 aromatic carbocycles. The Morgan fingerprint density at radius 2 is 2.09 bits per heavy atom. The van der Waals surface area contributed by atoms with Gasteiger partial charge in [-0.25, -0.2) is 0 Å². The zero-order valence-electron chi connectivity index (χ0n) is 13.8. The van der Waals surface area contributed by atoms with Gasteiger partial charge in [-0.2, -0.15) is 0 Å². The van der Waals surface area contributed by atoms with Crippen LogP contribution in [0.3, 0.4) is 0 Å². The molecule has 0 radical (unpaired) electrons. The van der Waals surface area contributed by atoms with E-state index in [1.807, 2.05) is 41.3 Å². The van der Waals surface area contributed by atoms with Crippen molar-refractivity contribution in [3.63, 3.8) is 0 Å². The summed E-state index contributed by atoms with van der Waals surface area (Å²) in [6, 6.07) is 10.2. The number of rotatable bonds is 3.